The minimum absolute atomic E-state index is 0.174. The van der Waals surface area contributed by atoms with Gasteiger partial charge in [-0.3, -0.25) is 19.6 Å². The molecule has 1 amide bonds. The number of aromatic amines is 2. The van der Waals surface area contributed by atoms with E-state index in [0.717, 1.165) is 25.7 Å². The molecule has 1 aliphatic rings. The largest absolute Gasteiger partial charge is 0.347 e. The molecule has 0 atom stereocenters. The molecule has 1 saturated carbocycles. The molecule has 7 heteroatoms. The zero-order valence-electron chi connectivity index (χ0n) is 13.2. The third kappa shape index (κ3) is 3.18. The number of hydrogen-bond acceptors (Lipinski definition) is 4. The van der Waals surface area contributed by atoms with Crippen molar-refractivity contribution in [3.63, 3.8) is 0 Å². The lowest BCUT2D eigenvalue weighted by Gasteiger charge is -2.37. The van der Waals surface area contributed by atoms with Crippen molar-refractivity contribution in [2.45, 2.75) is 45.1 Å². The lowest BCUT2D eigenvalue weighted by atomic mass is 9.78. The van der Waals surface area contributed by atoms with Crippen molar-refractivity contribution in [2.75, 3.05) is 0 Å². The number of fused-ring (bicyclic) bond motifs is 1. The number of amides is 1. The fraction of sp³-hybridized carbons (Fsp3) is 0.500. The van der Waals surface area contributed by atoms with Crippen LogP contribution in [0.3, 0.4) is 0 Å². The van der Waals surface area contributed by atoms with Crippen molar-refractivity contribution in [1.29, 1.82) is 0 Å². The van der Waals surface area contributed by atoms with E-state index in [2.05, 4.69) is 34.1 Å². The summed E-state index contributed by atoms with van der Waals surface area (Å²) in [6, 6.07) is 1.46. The molecule has 1 aliphatic carbocycles. The van der Waals surface area contributed by atoms with Gasteiger partial charge in [-0.25, -0.2) is 9.78 Å². The van der Waals surface area contributed by atoms with Gasteiger partial charge in [-0.1, -0.05) is 6.92 Å². The van der Waals surface area contributed by atoms with Crippen molar-refractivity contribution in [3.05, 3.63) is 38.7 Å². The molecule has 122 valence electrons. The zero-order valence-corrected chi connectivity index (χ0v) is 13.2. The first kappa shape index (κ1) is 15.5. The molecule has 0 bridgehead atoms. The van der Waals surface area contributed by atoms with Gasteiger partial charge in [0, 0.05) is 11.7 Å². The fourth-order valence-corrected chi connectivity index (χ4v) is 3.04. The number of rotatable bonds is 2. The number of carbonyl (C=O) groups excluding carboxylic acids is 1. The van der Waals surface area contributed by atoms with Crippen molar-refractivity contribution in [3.8, 4) is 0 Å². The zero-order chi connectivity index (χ0) is 16.6. The number of aromatic nitrogens is 3. The average Bonchev–Trinajstić information content (AvgIpc) is 2.50. The normalized spacial score (nSPS) is 24.5. The van der Waals surface area contributed by atoms with Crippen molar-refractivity contribution < 1.29 is 4.79 Å². The third-order valence-corrected chi connectivity index (χ3v) is 4.65. The van der Waals surface area contributed by atoms with Crippen molar-refractivity contribution in [2.24, 2.45) is 5.92 Å². The van der Waals surface area contributed by atoms with E-state index < -0.39 is 11.2 Å². The van der Waals surface area contributed by atoms with E-state index in [9.17, 15) is 14.4 Å². The van der Waals surface area contributed by atoms with Crippen LogP contribution in [-0.4, -0.2) is 26.4 Å². The summed E-state index contributed by atoms with van der Waals surface area (Å²) in [7, 11) is 0. The van der Waals surface area contributed by atoms with Crippen LogP contribution >= 0.6 is 0 Å². The summed E-state index contributed by atoms with van der Waals surface area (Å²) >= 11 is 0. The smallest absolute Gasteiger partial charge is 0.327 e. The van der Waals surface area contributed by atoms with Crippen LogP contribution in [0.4, 0.5) is 0 Å². The molecule has 7 nitrogen and oxygen atoms in total. The predicted molar refractivity (Wildman–Crippen MR) is 86.5 cm³/mol. The molecular weight excluding hydrogens is 296 g/mol. The Kier molecular flexibility index (Phi) is 3.79. The van der Waals surface area contributed by atoms with E-state index >= 15 is 0 Å². The van der Waals surface area contributed by atoms with E-state index in [1.807, 2.05) is 0 Å². The lowest BCUT2D eigenvalue weighted by molar-refractivity contribution is 0.0869. The Morgan fingerprint density at radius 2 is 2.00 bits per heavy atom. The Labute approximate surface area is 132 Å². The maximum absolute atomic E-state index is 12.5. The summed E-state index contributed by atoms with van der Waals surface area (Å²) in [5.74, 6) is 0.444. The molecule has 3 N–H and O–H groups in total. The second kappa shape index (κ2) is 5.64. The second-order valence-electron chi connectivity index (χ2n) is 6.73. The maximum Gasteiger partial charge on any atom is 0.327 e. The highest BCUT2D eigenvalue weighted by Crippen LogP contribution is 2.31. The SMILES string of the molecule is CC1CCC(C)(NC(=O)c2cnc3[nH]c(=O)[nH]c(=O)c3c2)CC1. The van der Waals surface area contributed by atoms with E-state index in [1.165, 1.54) is 12.3 Å². The van der Waals surface area contributed by atoms with Crippen molar-refractivity contribution in [1.82, 2.24) is 20.3 Å². The molecule has 2 aromatic rings. The summed E-state index contributed by atoms with van der Waals surface area (Å²) in [6.07, 6.45) is 5.44. The van der Waals surface area contributed by atoms with Crippen LogP contribution < -0.4 is 16.6 Å². The van der Waals surface area contributed by atoms with Gasteiger partial charge in [0.25, 0.3) is 11.5 Å². The Morgan fingerprint density at radius 1 is 1.30 bits per heavy atom. The molecule has 3 rings (SSSR count). The Bertz CT molecular complexity index is 859. The molecule has 23 heavy (non-hydrogen) atoms. The predicted octanol–water partition coefficient (Wildman–Crippen LogP) is 1.31. The summed E-state index contributed by atoms with van der Waals surface area (Å²) in [6.45, 7) is 4.28. The minimum Gasteiger partial charge on any atom is -0.347 e. The number of hydrogen-bond donors (Lipinski definition) is 3. The minimum atomic E-state index is -0.615. The molecule has 0 aromatic carbocycles. The summed E-state index contributed by atoms with van der Waals surface area (Å²) in [5, 5.41) is 3.26. The highest BCUT2D eigenvalue weighted by atomic mass is 16.2. The molecule has 2 heterocycles. The van der Waals surface area contributed by atoms with Crippen LogP contribution in [0.2, 0.25) is 0 Å². The van der Waals surface area contributed by atoms with E-state index in [1.54, 1.807) is 0 Å². The van der Waals surface area contributed by atoms with Crippen LogP contribution in [0.1, 0.15) is 49.9 Å². The van der Waals surface area contributed by atoms with Crippen LogP contribution in [0.25, 0.3) is 11.0 Å². The van der Waals surface area contributed by atoms with Crippen LogP contribution in [0, 0.1) is 5.92 Å². The number of H-pyrrole nitrogens is 2. The highest BCUT2D eigenvalue weighted by Gasteiger charge is 2.31. The van der Waals surface area contributed by atoms with Gasteiger partial charge in [-0.05, 0) is 44.6 Å². The molecule has 1 fully saturated rings. The molecule has 0 unspecified atom stereocenters. The second-order valence-corrected chi connectivity index (χ2v) is 6.73. The van der Waals surface area contributed by atoms with E-state index in [0.29, 0.717) is 11.5 Å². The molecular formula is C16H20N4O3. The van der Waals surface area contributed by atoms with Crippen molar-refractivity contribution >= 4 is 16.9 Å². The lowest BCUT2D eigenvalue weighted by Crippen LogP contribution is -2.48. The molecule has 2 aromatic heterocycles. The molecule has 0 spiro atoms. The summed E-state index contributed by atoms with van der Waals surface area (Å²) < 4.78 is 0. The monoisotopic (exact) mass is 316 g/mol. The first-order chi connectivity index (χ1) is 10.9. The average molecular weight is 316 g/mol. The van der Waals surface area contributed by atoms with E-state index in [-0.39, 0.29) is 22.5 Å². The van der Waals surface area contributed by atoms with Gasteiger partial charge < -0.3 is 5.32 Å². The summed E-state index contributed by atoms with van der Waals surface area (Å²) in [5.41, 5.74) is -0.904. The maximum atomic E-state index is 12.5. The standard InChI is InChI=1S/C16H20N4O3/c1-9-3-5-16(2,6-4-9)20-13(21)10-7-11-12(17-8-10)18-15(23)19-14(11)22/h7-9H,3-6H2,1-2H3,(H,20,21)(H2,17,18,19,22,23). The first-order valence-electron chi connectivity index (χ1n) is 7.81. The van der Waals surface area contributed by atoms with Gasteiger partial charge >= 0.3 is 5.69 Å². The van der Waals surface area contributed by atoms with Crippen LogP contribution in [-0.2, 0) is 0 Å². The Morgan fingerprint density at radius 3 is 2.70 bits per heavy atom. The number of nitrogens with zero attached hydrogens (tertiary/aromatic N) is 1. The Balaban J connectivity index is 1.87. The quantitative estimate of drug-likeness (QED) is 0.776. The van der Waals surface area contributed by atoms with E-state index in [4.69, 9.17) is 0 Å². The highest BCUT2D eigenvalue weighted by molar-refractivity contribution is 5.97. The van der Waals surface area contributed by atoms with Gasteiger partial charge in [0.1, 0.15) is 5.65 Å². The summed E-state index contributed by atoms with van der Waals surface area (Å²) in [4.78, 5) is 44.1. The van der Waals surface area contributed by atoms with Crippen LogP contribution in [0.15, 0.2) is 21.9 Å². The van der Waals surface area contributed by atoms with Gasteiger partial charge in [0.2, 0.25) is 0 Å². The van der Waals surface area contributed by atoms with Gasteiger partial charge in [0.15, 0.2) is 0 Å². The number of carbonyl (C=O) groups is 1. The van der Waals surface area contributed by atoms with Gasteiger partial charge in [-0.2, -0.15) is 0 Å². The number of pyridine rings is 1. The topological polar surface area (TPSA) is 108 Å². The third-order valence-electron chi connectivity index (χ3n) is 4.65. The molecule has 0 saturated heterocycles. The molecule has 0 aliphatic heterocycles. The number of nitrogens with one attached hydrogen (secondary N) is 3. The molecule has 0 radical (unpaired) electrons. The van der Waals surface area contributed by atoms with Gasteiger partial charge in [0.05, 0.1) is 10.9 Å². The van der Waals surface area contributed by atoms with Gasteiger partial charge in [-0.15, -0.1) is 0 Å². The first-order valence-corrected chi connectivity index (χ1v) is 7.81. The Hall–Kier alpha value is -2.44. The van der Waals surface area contributed by atoms with Crippen LogP contribution in [0.5, 0.6) is 0 Å². The fourth-order valence-electron chi connectivity index (χ4n) is 3.04.